The molecule has 0 spiro atoms. The summed E-state index contributed by atoms with van der Waals surface area (Å²) < 4.78 is 6.41. The molecule has 1 aromatic carbocycles. The Kier molecular flexibility index (Phi) is 3.55. The van der Waals surface area contributed by atoms with Crippen molar-refractivity contribution in [2.24, 2.45) is 11.8 Å². The van der Waals surface area contributed by atoms with Gasteiger partial charge in [-0.05, 0) is 45.1 Å². The van der Waals surface area contributed by atoms with E-state index in [1.54, 1.807) is 0 Å². The van der Waals surface area contributed by atoms with Crippen LogP contribution >= 0.6 is 0 Å². The largest absolute Gasteiger partial charge is 0.367 e. The fourth-order valence-corrected chi connectivity index (χ4v) is 3.50. The summed E-state index contributed by atoms with van der Waals surface area (Å²) in [5, 5.41) is 0. The lowest BCUT2D eigenvalue weighted by molar-refractivity contribution is -0.145. The first-order chi connectivity index (χ1) is 9.56. The van der Waals surface area contributed by atoms with Gasteiger partial charge in [-0.25, -0.2) is 0 Å². The molecule has 1 fully saturated rings. The molecular weight excluding hydrogens is 244 g/mol. The Hall–Kier alpha value is -1.34. The average molecular weight is 268 g/mol. The van der Waals surface area contributed by atoms with Crippen LogP contribution in [0.4, 0.5) is 0 Å². The van der Waals surface area contributed by atoms with E-state index in [0.29, 0.717) is 11.8 Å². The van der Waals surface area contributed by atoms with E-state index in [1.165, 1.54) is 24.0 Å². The fourth-order valence-electron chi connectivity index (χ4n) is 3.50. The predicted molar refractivity (Wildman–Crippen MR) is 84.4 cm³/mol. The summed E-state index contributed by atoms with van der Waals surface area (Å²) in [6.45, 7) is 6.74. The highest BCUT2D eigenvalue weighted by molar-refractivity contribution is 5.49. The zero-order chi connectivity index (χ0) is 14.2. The van der Waals surface area contributed by atoms with Gasteiger partial charge in [0.25, 0.3) is 0 Å². The van der Waals surface area contributed by atoms with E-state index >= 15 is 0 Å². The third-order valence-corrected chi connectivity index (χ3v) is 4.95. The summed E-state index contributed by atoms with van der Waals surface area (Å²) in [7, 11) is 0. The summed E-state index contributed by atoms with van der Waals surface area (Å²) in [4.78, 5) is 0. The summed E-state index contributed by atoms with van der Waals surface area (Å²) in [6.07, 6.45) is 9.51. The maximum atomic E-state index is 6.41. The molecule has 2 aliphatic rings. The molecule has 0 saturated carbocycles. The van der Waals surface area contributed by atoms with Gasteiger partial charge in [0, 0.05) is 5.92 Å². The molecular formula is C19H24O. The minimum absolute atomic E-state index is 0.0145. The molecule has 1 aliphatic carbocycles. The van der Waals surface area contributed by atoms with E-state index in [2.05, 4.69) is 69.3 Å². The van der Waals surface area contributed by atoms with Gasteiger partial charge in [-0.3, -0.25) is 0 Å². The van der Waals surface area contributed by atoms with Crippen LogP contribution in [-0.2, 0) is 4.74 Å². The summed E-state index contributed by atoms with van der Waals surface area (Å²) in [5.74, 6) is 1.22. The molecule has 0 radical (unpaired) electrons. The van der Waals surface area contributed by atoms with Crippen molar-refractivity contribution in [3.8, 4) is 0 Å². The van der Waals surface area contributed by atoms with E-state index in [-0.39, 0.29) is 11.7 Å². The van der Waals surface area contributed by atoms with Gasteiger partial charge in [0.1, 0.15) is 0 Å². The standard InChI is InChI=1S/C19H24O/c1-14-9-11-16-13-17(14)18(20-19(16,2)3)12-10-15-7-5-4-6-8-15/h4-10,12,16-18H,11,13H2,1-3H3/b12-10+/t16-,17-,18+/m1/s1. The van der Waals surface area contributed by atoms with Gasteiger partial charge >= 0.3 is 0 Å². The van der Waals surface area contributed by atoms with E-state index in [9.17, 15) is 0 Å². The fraction of sp³-hybridized carbons (Fsp3) is 0.474. The second kappa shape index (κ2) is 5.21. The van der Waals surface area contributed by atoms with Crippen LogP contribution in [0.1, 0.15) is 39.2 Å². The Balaban J connectivity index is 1.83. The van der Waals surface area contributed by atoms with Crippen LogP contribution in [0.25, 0.3) is 6.08 Å². The number of fused-ring (bicyclic) bond motifs is 2. The first-order valence-electron chi connectivity index (χ1n) is 7.64. The van der Waals surface area contributed by atoms with Gasteiger partial charge in [0.2, 0.25) is 0 Å². The van der Waals surface area contributed by atoms with Crippen LogP contribution in [0, 0.1) is 11.8 Å². The van der Waals surface area contributed by atoms with Gasteiger partial charge in [-0.15, -0.1) is 0 Å². The molecule has 1 nitrogen and oxygen atoms in total. The SMILES string of the molecule is CC1=CC[C@@H]2C[C@H]1[C@H](/C=C/c1ccccc1)OC2(C)C. The van der Waals surface area contributed by atoms with Crippen LogP contribution in [0.3, 0.4) is 0 Å². The molecule has 0 aromatic heterocycles. The van der Waals surface area contributed by atoms with Crippen molar-refractivity contribution >= 4 is 6.08 Å². The second-order valence-electron chi connectivity index (χ2n) is 6.68. The minimum atomic E-state index is -0.0145. The van der Waals surface area contributed by atoms with Gasteiger partial charge in [-0.1, -0.05) is 54.1 Å². The van der Waals surface area contributed by atoms with E-state index in [1.807, 2.05) is 0 Å². The number of benzene rings is 1. The lowest BCUT2D eigenvalue weighted by Crippen LogP contribution is -2.48. The molecule has 1 heterocycles. The van der Waals surface area contributed by atoms with Gasteiger partial charge in [0.15, 0.2) is 0 Å². The van der Waals surface area contributed by atoms with Crippen molar-refractivity contribution in [2.75, 3.05) is 0 Å². The molecule has 1 saturated heterocycles. The first kappa shape index (κ1) is 13.6. The van der Waals surface area contributed by atoms with Crippen LogP contribution in [-0.4, -0.2) is 11.7 Å². The van der Waals surface area contributed by atoms with E-state index in [4.69, 9.17) is 4.74 Å². The van der Waals surface area contributed by atoms with Crippen molar-refractivity contribution < 1.29 is 4.74 Å². The molecule has 3 rings (SSSR count). The Labute approximate surface area is 122 Å². The van der Waals surface area contributed by atoms with Crippen molar-refractivity contribution in [3.05, 3.63) is 53.6 Å². The van der Waals surface area contributed by atoms with Crippen molar-refractivity contribution in [3.63, 3.8) is 0 Å². The molecule has 0 amide bonds. The lowest BCUT2D eigenvalue weighted by Gasteiger charge is -2.48. The highest BCUT2D eigenvalue weighted by atomic mass is 16.5. The zero-order valence-corrected chi connectivity index (χ0v) is 12.7. The summed E-state index contributed by atoms with van der Waals surface area (Å²) in [6, 6.07) is 10.5. The van der Waals surface area contributed by atoms with Gasteiger partial charge in [-0.2, -0.15) is 0 Å². The number of rotatable bonds is 2. The molecule has 3 atom stereocenters. The highest BCUT2D eigenvalue weighted by Crippen LogP contribution is 2.45. The van der Waals surface area contributed by atoms with Crippen LogP contribution in [0.15, 0.2) is 48.1 Å². The van der Waals surface area contributed by atoms with Crippen LogP contribution < -0.4 is 0 Å². The predicted octanol–water partition coefficient (Wildman–Crippen LogP) is 4.85. The smallest absolute Gasteiger partial charge is 0.0831 e. The Bertz CT molecular complexity index is 524. The second-order valence-corrected chi connectivity index (χ2v) is 6.68. The Morgan fingerprint density at radius 1 is 1.20 bits per heavy atom. The van der Waals surface area contributed by atoms with Crippen molar-refractivity contribution in [1.82, 2.24) is 0 Å². The molecule has 20 heavy (non-hydrogen) atoms. The first-order valence-corrected chi connectivity index (χ1v) is 7.64. The third kappa shape index (κ3) is 2.60. The maximum Gasteiger partial charge on any atom is 0.0831 e. The van der Waals surface area contributed by atoms with Crippen molar-refractivity contribution in [2.45, 2.75) is 45.3 Å². The monoisotopic (exact) mass is 268 g/mol. The summed E-state index contributed by atoms with van der Waals surface area (Å²) in [5.41, 5.74) is 2.73. The Morgan fingerprint density at radius 2 is 1.95 bits per heavy atom. The topological polar surface area (TPSA) is 9.23 Å². The van der Waals surface area contributed by atoms with Crippen LogP contribution in [0.5, 0.6) is 0 Å². The minimum Gasteiger partial charge on any atom is -0.367 e. The number of hydrogen-bond donors (Lipinski definition) is 0. The number of ether oxygens (including phenoxy) is 1. The van der Waals surface area contributed by atoms with Crippen LogP contribution in [0.2, 0.25) is 0 Å². The molecule has 0 N–H and O–H groups in total. The normalized spacial score (nSPS) is 32.1. The van der Waals surface area contributed by atoms with Crippen molar-refractivity contribution in [1.29, 1.82) is 0 Å². The number of allylic oxidation sites excluding steroid dienone is 1. The molecule has 1 aliphatic heterocycles. The van der Waals surface area contributed by atoms with Gasteiger partial charge < -0.3 is 4.74 Å². The molecule has 1 heteroatoms. The molecule has 106 valence electrons. The maximum absolute atomic E-state index is 6.41. The lowest BCUT2D eigenvalue weighted by atomic mass is 9.70. The molecule has 1 aromatic rings. The average Bonchev–Trinajstić information content (AvgIpc) is 2.44. The quantitative estimate of drug-likeness (QED) is 0.697. The zero-order valence-electron chi connectivity index (χ0n) is 12.7. The third-order valence-electron chi connectivity index (χ3n) is 4.95. The Morgan fingerprint density at radius 3 is 2.70 bits per heavy atom. The number of hydrogen-bond acceptors (Lipinski definition) is 1. The molecule has 2 bridgehead atoms. The summed E-state index contributed by atoms with van der Waals surface area (Å²) >= 11 is 0. The van der Waals surface area contributed by atoms with E-state index < -0.39 is 0 Å². The van der Waals surface area contributed by atoms with E-state index in [0.717, 1.165) is 0 Å². The van der Waals surface area contributed by atoms with Gasteiger partial charge in [0.05, 0.1) is 11.7 Å². The molecule has 0 unspecified atom stereocenters. The highest BCUT2D eigenvalue weighted by Gasteiger charge is 2.43.